The fourth-order valence-electron chi connectivity index (χ4n) is 3.65. The highest BCUT2D eigenvalue weighted by Crippen LogP contribution is 2.34. The second kappa shape index (κ2) is 8.27. The Labute approximate surface area is 179 Å². The van der Waals surface area contributed by atoms with Gasteiger partial charge in [0, 0.05) is 23.4 Å². The van der Waals surface area contributed by atoms with E-state index >= 15 is 0 Å². The van der Waals surface area contributed by atoms with E-state index in [0.717, 1.165) is 48.5 Å². The van der Waals surface area contributed by atoms with Crippen molar-refractivity contribution in [2.75, 3.05) is 27.3 Å². The molecule has 1 N–H and O–H groups in total. The van der Waals surface area contributed by atoms with Crippen molar-refractivity contribution >= 4 is 5.84 Å². The molecule has 0 unspecified atom stereocenters. The van der Waals surface area contributed by atoms with Gasteiger partial charge in [-0.3, -0.25) is 0 Å². The minimum Gasteiger partial charge on any atom is -0.493 e. The molecule has 0 spiro atoms. The summed E-state index contributed by atoms with van der Waals surface area (Å²) in [4.78, 5) is 8.58. The van der Waals surface area contributed by atoms with Crippen LogP contribution in [-0.2, 0) is 0 Å². The third kappa shape index (κ3) is 3.79. The van der Waals surface area contributed by atoms with Crippen LogP contribution in [0.2, 0.25) is 0 Å². The quantitative estimate of drug-likeness (QED) is 0.507. The average Bonchev–Trinajstić information content (AvgIpc) is 3.41. The summed E-state index contributed by atoms with van der Waals surface area (Å²) in [7, 11) is 3.21. The van der Waals surface area contributed by atoms with Crippen LogP contribution < -0.4 is 19.5 Å². The number of methoxy groups -OCH3 is 2. The van der Waals surface area contributed by atoms with Gasteiger partial charge in [0.15, 0.2) is 11.5 Å². The molecule has 31 heavy (non-hydrogen) atoms. The number of aromatic nitrogens is 4. The molecule has 4 aromatic rings. The van der Waals surface area contributed by atoms with E-state index in [1.54, 1.807) is 37.2 Å². The standard InChI is InChI=1S/C22H23N5O4/c1-28-19-11-14(3-5-18(19)30-16-7-9-23-10-8-16)21-26-27-17(13-25-22(27)31-21)15-4-6-20(29-2)24-12-15/h3-6,11-13,16,23H,7-10H2,1-2H3. The van der Waals surface area contributed by atoms with Gasteiger partial charge in [0.25, 0.3) is 0 Å². The van der Waals surface area contributed by atoms with Crippen LogP contribution >= 0.6 is 0 Å². The number of ether oxygens (including phenoxy) is 3. The normalized spacial score (nSPS) is 14.6. The summed E-state index contributed by atoms with van der Waals surface area (Å²) in [5.41, 5.74) is 2.41. The molecule has 0 aliphatic carbocycles. The van der Waals surface area contributed by atoms with Gasteiger partial charge in [-0.15, -0.1) is 5.10 Å². The van der Waals surface area contributed by atoms with Crippen LogP contribution in [0.4, 0.5) is 0 Å². The van der Waals surface area contributed by atoms with Crippen molar-refractivity contribution in [3.63, 3.8) is 0 Å². The Hall–Kier alpha value is -3.59. The summed E-state index contributed by atoms with van der Waals surface area (Å²) in [6, 6.07) is 9.38. The topological polar surface area (TPSA) is 95.9 Å². The lowest BCUT2D eigenvalue weighted by molar-refractivity contribution is 0.156. The number of pyridine rings is 1. The number of piperidine rings is 1. The van der Waals surface area contributed by atoms with Gasteiger partial charge in [0.1, 0.15) is 6.10 Å². The molecule has 1 fully saturated rings. The molecule has 0 atom stereocenters. The van der Waals surface area contributed by atoms with Crippen LogP contribution in [0.1, 0.15) is 12.8 Å². The summed E-state index contributed by atoms with van der Waals surface area (Å²) in [5, 5.41) is 7.95. The van der Waals surface area contributed by atoms with Gasteiger partial charge in [-0.1, -0.05) is 0 Å². The summed E-state index contributed by atoms with van der Waals surface area (Å²) in [6.07, 6.45) is 5.56. The Morgan fingerprint density at radius 1 is 0.968 bits per heavy atom. The number of rotatable bonds is 6. The van der Waals surface area contributed by atoms with Crippen LogP contribution in [0.15, 0.2) is 47.1 Å². The lowest BCUT2D eigenvalue weighted by atomic mass is 10.1. The maximum absolute atomic E-state index is 6.16. The Bertz CT molecular complexity index is 1180. The molecular weight excluding hydrogens is 398 g/mol. The fourth-order valence-corrected chi connectivity index (χ4v) is 3.65. The molecule has 9 nitrogen and oxygen atoms in total. The van der Waals surface area contributed by atoms with E-state index in [0.29, 0.717) is 23.4 Å². The third-order valence-corrected chi connectivity index (χ3v) is 5.32. The molecule has 0 bridgehead atoms. The van der Waals surface area contributed by atoms with Crippen molar-refractivity contribution in [2.24, 2.45) is 0 Å². The Morgan fingerprint density at radius 3 is 2.55 bits per heavy atom. The first-order valence-corrected chi connectivity index (χ1v) is 10.2. The van der Waals surface area contributed by atoms with Crippen molar-refractivity contribution in [1.29, 1.82) is 0 Å². The number of benzene rings is 1. The van der Waals surface area contributed by atoms with E-state index in [-0.39, 0.29) is 6.10 Å². The summed E-state index contributed by atoms with van der Waals surface area (Å²) in [6.45, 7) is 1.93. The minimum absolute atomic E-state index is 0.187. The number of hydrogen-bond acceptors (Lipinski definition) is 8. The molecule has 3 aromatic heterocycles. The number of hydrogen-bond donors (Lipinski definition) is 1. The van der Waals surface area contributed by atoms with Crippen molar-refractivity contribution in [3.8, 4) is 40.1 Å². The number of fused-ring (bicyclic) bond motifs is 1. The van der Waals surface area contributed by atoms with E-state index in [2.05, 4.69) is 20.4 Å². The second-order valence-electron chi connectivity index (χ2n) is 7.27. The molecule has 160 valence electrons. The minimum atomic E-state index is 0.187. The van der Waals surface area contributed by atoms with Gasteiger partial charge in [0.05, 0.1) is 26.1 Å². The van der Waals surface area contributed by atoms with Crippen LogP contribution in [-0.4, -0.2) is 53.0 Å². The van der Waals surface area contributed by atoms with Gasteiger partial charge in [0.2, 0.25) is 11.8 Å². The molecule has 1 aromatic carbocycles. The summed E-state index contributed by atoms with van der Waals surface area (Å²) < 4.78 is 24.4. The van der Waals surface area contributed by atoms with Gasteiger partial charge < -0.3 is 23.9 Å². The van der Waals surface area contributed by atoms with E-state index in [1.165, 1.54) is 0 Å². The Balaban J connectivity index is 1.44. The predicted molar refractivity (Wildman–Crippen MR) is 114 cm³/mol. The van der Waals surface area contributed by atoms with Crippen LogP contribution in [0, 0.1) is 0 Å². The van der Waals surface area contributed by atoms with Crippen LogP contribution in [0.5, 0.6) is 17.4 Å². The molecule has 4 heterocycles. The predicted octanol–water partition coefficient (Wildman–Crippen LogP) is 3.20. The Morgan fingerprint density at radius 2 is 1.81 bits per heavy atom. The van der Waals surface area contributed by atoms with E-state index < -0.39 is 0 Å². The molecule has 0 radical (unpaired) electrons. The third-order valence-electron chi connectivity index (χ3n) is 5.32. The molecule has 1 aliphatic heterocycles. The van der Waals surface area contributed by atoms with Gasteiger partial charge in [-0.25, -0.2) is 9.97 Å². The van der Waals surface area contributed by atoms with E-state index in [9.17, 15) is 0 Å². The maximum atomic E-state index is 6.16. The summed E-state index contributed by atoms with van der Waals surface area (Å²) in [5.74, 6) is 2.75. The van der Waals surface area contributed by atoms with Crippen molar-refractivity contribution in [3.05, 3.63) is 42.7 Å². The second-order valence-corrected chi connectivity index (χ2v) is 7.27. The molecule has 9 heteroatoms. The summed E-state index contributed by atoms with van der Waals surface area (Å²) >= 11 is 0. The zero-order valence-corrected chi connectivity index (χ0v) is 17.4. The average molecular weight is 421 g/mol. The van der Waals surface area contributed by atoms with Crippen molar-refractivity contribution < 1.29 is 18.6 Å². The molecule has 1 aliphatic rings. The zero-order chi connectivity index (χ0) is 21.2. The molecule has 0 saturated carbocycles. The smallest absolute Gasteiger partial charge is 0.325 e. The highest BCUT2D eigenvalue weighted by molar-refractivity contribution is 5.64. The monoisotopic (exact) mass is 421 g/mol. The molecule has 1 saturated heterocycles. The number of nitrogens with zero attached hydrogens (tertiary/aromatic N) is 4. The van der Waals surface area contributed by atoms with Crippen molar-refractivity contribution in [1.82, 2.24) is 24.9 Å². The van der Waals surface area contributed by atoms with Gasteiger partial charge >= 0.3 is 5.84 Å². The SMILES string of the molecule is COc1ccc(-c2cnc3oc(-c4ccc(OC5CCNCC5)c(OC)c4)nn23)cn1. The highest BCUT2D eigenvalue weighted by Gasteiger charge is 2.19. The first-order chi connectivity index (χ1) is 15.2. The lowest BCUT2D eigenvalue weighted by Gasteiger charge is -2.24. The van der Waals surface area contributed by atoms with Crippen molar-refractivity contribution in [2.45, 2.75) is 18.9 Å². The molecule has 5 rings (SSSR count). The van der Waals surface area contributed by atoms with Crippen LogP contribution in [0.3, 0.4) is 0 Å². The zero-order valence-electron chi connectivity index (χ0n) is 17.4. The largest absolute Gasteiger partial charge is 0.493 e. The van der Waals surface area contributed by atoms with E-state index in [4.69, 9.17) is 18.6 Å². The maximum Gasteiger partial charge on any atom is 0.325 e. The van der Waals surface area contributed by atoms with Gasteiger partial charge in [-0.05, 0) is 50.2 Å². The lowest BCUT2D eigenvalue weighted by Crippen LogP contribution is -2.34. The van der Waals surface area contributed by atoms with Crippen LogP contribution in [0.25, 0.3) is 28.6 Å². The number of imidazole rings is 1. The fraction of sp³-hybridized carbons (Fsp3) is 0.318. The Kier molecular flexibility index (Phi) is 5.17. The first kappa shape index (κ1) is 19.4. The molecule has 0 amide bonds. The highest BCUT2D eigenvalue weighted by atomic mass is 16.5. The molecular formula is C22H23N5O4. The van der Waals surface area contributed by atoms with Gasteiger partial charge in [-0.2, -0.15) is 4.52 Å². The number of nitrogens with one attached hydrogen (secondary N) is 1. The van der Waals surface area contributed by atoms with E-state index in [1.807, 2.05) is 24.3 Å². The first-order valence-electron chi connectivity index (χ1n) is 10.2.